The van der Waals surface area contributed by atoms with Crippen molar-refractivity contribution in [1.82, 2.24) is 10.6 Å². The fourth-order valence-corrected chi connectivity index (χ4v) is 3.91. The lowest BCUT2D eigenvalue weighted by Gasteiger charge is -2.11. The van der Waals surface area contributed by atoms with Crippen LogP contribution in [0.15, 0.2) is 24.3 Å². The summed E-state index contributed by atoms with van der Waals surface area (Å²) in [5.41, 5.74) is 1.03. The first-order valence-corrected chi connectivity index (χ1v) is 8.59. The van der Waals surface area contributed by atoms with Gasteiger partial charge in [-0.05, 0) is 24.1 Å². The molecule has 2 N–H and O–H groups in total. The maximum absolute atomic E-state index is 11.7. The normalized spacial score (nSPS) is 20.8. The Morgan fingerprint density at radius 3 is 2.60 bits per heavy atom. The lowest BCUT2D eigenvalue weighted by atomic mass is 10.2. The minimum atomic E-state index is -2.96. The van der Waals surface area contributed by atoms with Crippen LogP contribution in [0.4, 0.5) is 0 Å². The van der Waals surface area contributed by atoms with Crippen molar-refractivity contribution in [3.05, 3.63) is 34.9 Å². The third kappa shape index (κ3) is 4.77. The Labute approximate surface area is 123 Å². The number of rotatable bonds is 5. The van der Waals surface area contributed by atoms with Crippen molar-refractivity contribution in [1.29, 1.82) is 0 Å². The molecule has 20 heavy (non-hydrogen) atoms. The predicted molar refractivity (Wildman–Crippen MR) is 78.4 cm³/mol. The monoisotopic (exact) mass is 316 g/mol. The molecule has 0 aliphatic carbocycles. The van der Waals surface area contributed by atoms with Crippen LogP contribution in [-0.2, 0) is 21.2 Å². The molecule has 1 amide bonds. The van der Waals surface area contributed by atoms with Crippen LogP contribution in [0, 0.1) is 0 Å². The largest absolute Gasteiger partial charge is 0.351 e. The molecule has 2 rings (SSSR count). The van der Waals surface area contributed by atoms with E-state index in [9.17, 15) is 13.2 Å². The van der Waals surface area contributed by atoms with Crippen LogP contribution in [0.1, 0.15) is 12.0 Å². The Balaban J connectivity index is 1.69. The Bertz CT molecular complexity index is 572. The Hall–Kier alpha value is -1.11. The molecular formula is C13H17ClN2O3S. The first kappa shape index (κ1) is 15.3. The highest BCUT2D eigenvalue weighted by Crippen LogP contribution is 2.11. The van der Waals surface area contributed by atoms with E-state index < -0.39 is 9.84 Å². The fraction of sp³-hybridized carbons (Fsp3) is 0.462. The molecule has 110 valence electrons. The summed E-state index contributed by atoms with van der Waals surface area (Å²) >= 11 is 5.78. The molecule has 1 aromatic carbocycles. The van der Waals surface area contributed by atoms with Gasteiger partial charge in [0, 0.05) is 17.6 Å². The van der Waals surface area contributed by atoms with E-state index in [1.165, 1.54) is 0 Å². The number of hydrogen-bond acceptors (Lipinski definition) is 4. The summed E-state index contributed by atoms with van der Waals surface area (Å²) in [6, 6.07) is 7.11. The van der Waals surface area contributed by atoms with Gasteiger partial charge < -0.3 is 10.6 Å². The molecule has 1 heterocycles. The molecule has 1 unspecified atom stereocenters. The lowest BCUT2D eigenvalue weighted by molar-refractivity contribution is -0.120. The van der Waals surface area contributed by atoms with E-state index >= 15 is 0 Å². The second kappa shape index (κ2) is 6.56. The third-order valence-corrected chi connectivity index (χ3v) is 5.15. The maximum atomic E-state index is 11.7. The van der Waals surface area contributed by atoms with E-state index in [4.69, 9.17) is 11.6 Å². The molecule has 0 bridgehead atoms. The van der Waals surface area contributed by atoms with Gasteiger partial charge >= 0.3 is 0 Å². The van der Waals surface area contributed by atoms with E-state index in [-0.39, 0.29) is 30.0 Å². The van der Waals surface area contributed by atoms with Crippen molar-refractivity contribution in [2.24, 2.45) is 0 Å². The van der Waals surface area contributed by atoms with Crippen molar-refractivity contribution < 1.29 is 13.2 Å². The Morgan fingerprint density at radius 2 is 2.00 bits per heavy atom. The minimum Gasteiger partial charge on any atom is -0.351 e. The molecule has 1 aliphatic heterocycles. The number of halogens is 1. The number of carbonyl (C=O) groups is 1. The average molecular weight is 317 g/mol. The first-order chi connectivity index (χ1) is 9.44. The number of nitrogens with one attached hydrogen (secondary N) is 2. The maximum Gasteiger partial charge on any atom is 0.234 e. The summed E-state index contributed by atoms with van der Waals surface area (Å²) < 4.78 is 22.5. The minimum absolute atomic E-state index is 0.0515. The molecule has 0 spiro atoms. The number of sulfone groups is 1. The first-order valence-electron chi connectivity index (χ1n) is 6.39. The van der Waals surface area contributed by atoms with Crippen LogP contribution < -0.4 is 10.6 Å². The quantitative estimate of drug-likeness (QED) is 0.840. The third-order valence-electron chi connectivity index (χ3n) is 3.13. The molecule has 1 aromatic rings. The van der Waals surface area contributed by atoms with Crippen molar-refractivity contribution in [2.75, 3.05) is 18.1 Å². The highest BCUT2D eigenvalue weighted by Gasteiger charge is 2.28. The van der Waals surface area contributed by atoms with Gasteiger partial charge in [0.1, 0.15) is 0 Å². The number of benzene rings is 1. The molecule has 0 aromatic heterocycles. The summed E-state index contributed by atoms with van der Waals surface area (Å²) in [7, 11) is -2.96. The van der Waals surface area contributed by atoms with Crippen molar-refractivity contribution in [3.8, 4) is 0 Å². The molecule has 7 heteroatoms. The number of amides is 1. The van der Waals surface area contributed by atoms with Crippen molar-refractivity contribution in [2.45, 2.75) is 19.0 Å². The summed E-state index contributed by atoms with van der Waals surface area (Å²) in [5, 5.41) is 6.41. The SMILES string of the molecule is O=C(CNCc1ccc(Cl)cc1)NC1CCS(=O)(=O)C1. The van der Waals surface area contributed by atoms with Crippen LogP contribution in [0.3, 0.4) is 0 Å². The average Bonchev–Trinajstić information content (AvgIpc) is 2.71. The zero-order chi connectivity index (χ0) is 14.6. The van der Waals surface area contributed by atoms with Crippen LogP contribution in [0.25, 0.3) is 0 Å². The fourth-order valence-electron chi connectivity index (χ4n) is 2.11. The standard InChI is InChI=1S/C13H17ClN2O3S/c14-11-3-1-10(2-4-11)7-15-8-13(17)16-12-5-6-20(18,19)9-12/h1-4,12,15H,5-9H2,(H,16,17). The van der Waals surface area contributed by atoms with Gasteiger partial charge in [0.05, 0.1) is 18.1 Å². The zero-order valence-corrected chi connectivity index (χ0v) is 12.5. The van der Waals surface area contributed by atoms with Crippen molar-refractivity contribution in [3.63, 3.8) is 0 Å². The molecular weight excluding hydrogens is 300 g/mol. The molecule has 1 atom stereocenters. The topological polar surface area (TPSA) is 75.3 Å². The second-order valence-corrected chi connectivity index (χ2v) is 7.56. The van der Waals surface area contributed by atoms with Crippen molar-refractivity contribution >= 4 is 27.3 Å². The van der Waals surface area contributed by atoms with Crippen LogP contribution in [0.5, 0.6) is 0 Å². The van der Waals surface area contributed by atoms with Gasteiger partial charge in [0.2, 0.25) is 5.91 Å². The molecule has 1 fully saturated rings. The van der Waals surface area contributed by atoms with Crippen LogP contribution in [0.2, 0.25) is 5.02 Å². The molecule has 1 saturated heterocycles. The second-order valence-electron chi connectivity index (χ2n) is 4.90. The highest BCUT2D eigenvalue weighted by molar-refractivity contribution is 7.91. The van der Waals surface area contributed by atoms with Gasteiger partial charge in [-0.2, -0.15) is 0 Å². The Kier molecular flexibility index (Phi) is 5.01. The van der Waals surface area contributed by atoms with Gasteiger partial charge in [-0.3, -0.25) is 4.79 Å². The highest BCUT2D eigenvalue weighted by atomic mass is 35.5. The number of carbonyl (C=O) groups excluding carboxylic acids is 1. The molecule has 1 aliphatic rings. The predicted octanol–water partition coefficient (Wildman–Crippen LogP) is 0.733. The van der Waals surface area contributed by atoms with Gasteiger partial charge in [-0.1, -0.05) is 23.7 Å². The molecule has 0 radical (unpaired) electrons. The van der Waals surface area contributed by atoms with E-state index in [0.29, 0.717) is 18.0 Å². The van der Waals surface area contributed by atoms with E-state index in [2.05, 4.69) is 10.6 Å². The summed E-state index contributed by atoms with van der Waals surface area (Å²) in [5.74, 6) is 0.0348. The summed E-state index contributed by atoms with van der Waals surface area (Å²) in [6.45, 7) is 0.729. The van der Waals surface area contributed by atoms with E-state index in [1.54, 1.807) is 12.1 Å². The molecule has 0 saturated carbocycles. The lowest BCUT2D eigenvalue weighted by Crippen LogP contribution is -2.40. The summed E-state index contributed by atoms with van der Waals surface area (Å²) in [4.78, 5) is 11.7. The van der Waals surface area contributed by atoms with Gasteiger partial charge in [-0.25, -0.2) is 8.42 Å². The molecule has 5 nitrogen and oxygen atoms in total. The van der Waals surface area contributed by atoms with Crippen LogP contribution in [-0.4, -0.2) is 38.4 Å². The van der Waals surface area contributed by atoms with Crippen LogP contribution >= 0.6 is 11.6 Å². The zero-order valence-electron chi connectivity index (χ0n) is 10.9. The van der Waals surface area contributed by atoms with E-state index in [0.717, 1.165) is 5.56 Å². The van der Waals surface area contributed by atoms with Gasteiger partial charge in [-0.15, -0.1) is 0 Å². The smallest absolute Gasteiger partial charge is 0.234 e. The number of hydrogen-bond donors (Lipinski definition) is 2. The van der Waals surface area contributed by atoms with Gasteiger partial charge in [0.15, 0.2) is 9.84 Å². The van der Waals surface area contributed by atoms with E-state index in [1.807, 2.05) is 12.1 Å². The van der Waals surface area contributed by atoms with Gasteiger partial charge in [0.25, 0.3) is 0 Å². The Morgan fingerprint density at radius 1 is 1.30 bits per heavy atom. The summed E-state index contributed by atoms with van der Waals surface area (Å²) in [6.07, 6.45) is 0.505.